The molecule has 3 rings (SSSR count). The molecule has 0 bridgehead atoms. The highest BCUT2D eigenvalue weighted by atomic mass is 127. The van der Waals surface area contributed by atoms with Crippen molar-refractivity contribution < 1.29 is 9.53 Å². The average molecular weight is 438 g/mol. The molecule has 24 heavy (non-hydrogen) atoms. The topological polar surface area (TPSA) is 67.3 Å². The van der Waals surface area contributed by atoms with Gasteiger partial charge < -0.3 is 15.0 Å². The van der Waals surface area contributed by atoms with E-state index in [2.05, 4.69) is 37.9 Å². The molecule has 1 fully saturated rings. The third kappa shape index (κ3) is 4.14. The number of rotatable bonds is 5. The summed E-state index contributed by atoms with van der Waals surface area (Å²) in [5.41, 5.74) is 1.43. The van der Waals surface area contributed by atoms with Crippen molar-refractivity contribution in [3.05, 3.63) is 42.4 Å². The van der Waals surface area contributed by atoms with Crippen molar-refractivity contribution in [1.82, 2.24) is 14.9 Å². The third-order valence-electron chi connectivity index (χ3n) is 3.90. The Morgan fingerprint density at radius 3 is 2.71 bits per heavy atom. The molecule has 1 aliphatic heterocycles. The van der Waals surface area contributed by atoms with Gasteiger partial charge in [0.05, 0.1) is 5.56 Å². The van der Waals surface area contributed by atoms with Crippen LogP contribution < -0.4 is 10.1 Å². The van der Waals surface area contributed by atoms with Gasteiger partial charge in [-0.05, 0) is 60.1 Å². The molecule has 0 spiro atoms. The lowest BCUT2D eigenvalue weighted by Crippen LogP contribution is -2.35. The Morgan fingerprint density at radius 1 is 1.25 bits per heavy atom. The summed E-state index contributed by atoms with van der Waals surface area (Å²) in [6.45, 7) is 1.64. The van der Waals surface area contributed by atoms with Crippen LogP contribution in [0, 0.1) is 0 Å². The number of halogens is 1. The number of pyridine rings is 2. The Labute approximate surface area is 154 Å². The van der Waals surface area contributed by atoms with Gasteiger partial charge in [0.1, 0.15) is 4.61 Å². The van der Waals surface area contributed by atoms with Gasteiger partial charge in [0, 0.05) is 37.4 Å². The number of piperidine rings is 1. The van der Waals surface area contributed by atoms with E-state index >= 15 is 0 Å². The Morgan fingerprint density at radius 2 is 2.00 bits per heavy atom. The van der Waals surface area contributed by atoms with Crippen molar-refractivity contribution in [2.24, 2.45) is 0 Å². The second-order valence-corrected chi connectivity index (χ2v) is 6.16. The quantitative estimate of drug-likeness (QED) is 0.571. The Hall–Kier alpha value is -1.90. The number of anilines is 2. The summed E-state index contributed by atoms with van der Waals surface area (Å²) >= 11 is 2.13. The maximum absolute atomic E-state index is 12.6. The number of aromatic nitrogens is 2. The standard InChI is InChI=1S/C17H19IN4O2/c18-12-24-15-10-13(17(23)22-8-2-1-3-9-22)11-20-16(15)21-14-4-6-19-7-5-14/h4-7,10-11H,1-3,8-9,12H2,(H,19,20,21). The first-order chi connectivity index (χ1) is 11.8. The predicted molar refractivity (Wildman–Crippen MR) is 101 cm³/mol. The zero-order chi connectivity index (χ0) is 16.8. The van der Waals surface area contributed by atoms with Gasteiger partial charge in [0.2, 0.25) is 0 Å². The molecule has 126 valence electrons. The number of nitrogens with one attached hydrogen (secondary N) is 1. The molecule has 0 atom stereocenters. The average Bonchev–Trinajstić information content (AvgIpc) is 2.64. The number of alkyl halides is 1. The molecule has 0 saturated carbocycles. The SMILES string of the molecule is O=C(c1cnc(Nc2ccncc2)c(OCI)c1)N1CCCCC1. The number of hydrogen-bond donors (Lipinski definition) is 1. The highest BCUT2D eigenvalue weighted by molar-refractivity contribution is 14.1. The van der Waals surface area contributed by atoms with Gasteiger partial charge in [-0.1, -0.05) is 0 Å². The van der Waals surface area contributed by atoms with Crippen LogP contribution in [0.3, 0.4) is 0 Å². The van der Waals surface area contributed by atoms with E-state index in [1.54, 1.807) is 24.7 Å². The van der Waals surface area contributed by atoms with Crippen molar-refractivity contribution in [3.63, 3.8) is 0 Å². The van der Waals surface area contributed by atoms with Gasteiger partial charge in [-0.2, -0.15) is 0 Å². The Bertz CT molecular complexity index is 690. The number of nitrogens with zero attached hydrogens (tertiary/aromatic N) is 3. The van der Waals surface area contributed by atoms with E-state index in [1.165, 1.54) is 6.42 Å². The molecule has 0 unspecified atom stereocenters. The number of ether oxygens (including phenoxy) is 1. The van der Waals surface area contributed by atoms with Crippen LogP contribution in [0.25, 0.3) is 0 Å². The molecule has 7 heteroatoms. The van der Waals surface area contributed by atoms with Crippen molar-refractivity contribution in [2.45, 2.75) is 19.3 Å². The molecule has 3 heterocycles. The minimum absolute atomic E-state index is 0.0240. The maximum atomic E-state index is 12.6. The van der Waals surface area contributed by atoms with Gasteiger partial charge in [-0.15, -0.1) is 0 Å². The summed E-state index contributed by atoms with van der Waals surface area (Å²) in [7, 11) is 0. The fourth-order valence-corrected chi connectivity index (χ4v) is 3.01. The number of likely N-dealkylation sites (tertiary alicyclic amines) is 1. The second-order valence-electron chi connectivity index (χ2n) is 5.54. The Balaban J connectivity index is 1.82. The molecule has 0 aromatic carbocycles. The molecule has 1 saturated heterocycles. The summed E-state index contributed by atoms with van der Waals surface area (Å²) in [6, 6.07) is 5.47. The van der Waals surface area contributed by atoms with E-state index in [9.17, 15) is 4.79 Å². The molecular formula is C17H19IN4O2. The van der Waals surface area contributed by atoms with Gasteiger partial charge in [-0.3, -0.25) is 9.78 Å². The van der Waals surface area contributed by atoms with Crippen molar-refractivity contribution in [2.75, 3.05) is 23.0 Å². The molecule has 2 aromatic heterocycles. The van der Waals surface area contributed by atoms with Crippen LogP contribution in [-0.4, -0.2) is 38.5 Å². The molecule has 6 nitrogen and oxygen atoms in total. The fraction of sp³-hybridized carbons (Fsp3) is 0.353. The van der Waals surface area contributed by atoms with Crippen molar-refractivity contribution in [1.29, 1.82) is 0 Å². The molecule has 0 radical (unpaired) electrons. The van der Waals surface area contributed by atoms with Crippen LogP contribution in [0.5, 0.6) is 5.75 Å². The highest BCUT2D eigenvalue weighted by Crippen LogP contribution is 2.27. The van der Waals surface area contributed by atoms with Crippen LogP contribution >= 0.6 is 22.6 Å². The molecule has 1 N–H and O–H groups in total. The van der Waals surface area contributed by atoms with Crippen molar-refractivity contribution >= 4 is 40.0 Å². The van der Waals surface area contributed by atoms with E-state index in [1.807, 2.05) is 17.0 Å². The smallest absolute Gasteiger partial charge is 0.255 e. The molecule has 0 aliphatic carbocycles. The van der Waals surface area contributed by atoms with Gasteiger partial charge in [0.15, 0.2) is 11.6 Å². The second kappa shape index (κ2) is 8.27. The predicted octanol–water partition coefficient (Wildman–Crippen LogP) is 3.62. The molecule has 1 amide bonds. The lowest BCUT2D eigenvalue weighted by molar-refractivity contribution is 0.0723. The van der Waals surface area contributed by atoms with E-state index < -0.39 is 0 Å². The van der Waals surface area contributed by atoms with Gasteiger partial charge in [0.25, 0.3) is 5.91 Å². The minimum atomic E-state index is 0.0240. The Kier molecular flexibility index (Phi) is 5.84. The third-order valence-corrected chi connectivity index (χ3v) is 4.21. The summed E-state index contributed by atoms with van der Waals surface area (Å²) in [6.07, 6.45) is 8.35. The molecular weight excluding hydrogens is 419 g/mol. The van der Waals surface area contributed by atoms with E-state index in [0.717, 1.165) is 31.6 Å². The minimum Gasteiger partial charge on any atom is -0.479 e. The van der Waals surface area contributed by atoms with Crippen LogP contribution in [0.4, 0.5) is 11.5 Å². The zero-order valence-electron chi connectivity index (χ0n) is 13.2. The first kappa shape index (κ1) is 16.9. The largest absolute Gasteiger partial charge is 0.479 e. The van der Waals surface area contributed by atoms with E-state index in [0.29, 0.717) is 21.7 Å². The van der Waals surface area contributed by atoms with Gasteiger partial charge >= 0.3 is 0 Å². The molecule has 2 aromatic rings. The summed E-state index contributed by atoms with van der Waals surface area (Å²) in [4.78, 5) is 22.9. The first-order valence-electron chi connectivity index (χ1n) is 7.93. The van der Waals surface area contributed by atoms with Crippen LogP contribution in [0.15, 0.2) is 36.8 Å². The summed E-state index contributed by atoms with van der Waals surface area (Å²) < 4.78 is 6.14. The summed E-state index contributed by atoms with van der Waals surface area (Å²) in [5, 5.41) is 3.20. The summed E-state index contributed by atoms with van der Waals surface area (Å²) in [5.74, 6) is 1.19. The van der Waals surface area contributed by atoms with Crippen molar-refractivity contribution in [3.8, 4) is 5.75 Å². The van der Waals surface area contributed by atoms with Crippen LogP contribution in [-0.2, 0) is 0 Å². The number of carbonyl (C=O) groups is 1. The fourth-order valence-electron chi connectivity index (χ4n) is 2.68. The van der Waals surface area contributed by atoms with Crippen LogP contribution in [0.2, 0.25) is 0 Å². The first-order valence-corrected chi connectivity index (χ1v) is 9.45. The van der Waals surface area contributed by atoms with E-state index in [-0.39, 0.29) is 5.91 Å². The normalized spacial score (nSPS) is 14.3. The number of carbonyl (C=O) groups excluding carboxylic acids is 1. The zero-order valence-corrected chi connectivity index (χ0v) is 15.4. The van der Waals surface area contributed by atoms with E-state index in [4.69, 9.17) is 4.74 Å². The van der Waals surface area contributed by atoms with Gasteiger partial charge in [-0.25, -0.2) is 4.98 Å². The monoisotopic (exact) mass is 438 g/mol. The number of hydrogen-bond acceptors (Lipinski definition) is 5. The lowest BCUT2D eigenvalue weighted by atomic mass is 10.1. The molecule has 1 aliphatic rings. The highest BCUT2D eigenvalue weighted by Gasteiger charge is 2.20. The number of amides is 1. The van der Waals surface area contributed by atoms with Crippen LogP contribution in [0.1, 0.15) is 29.6 Å². The maximum Gasteiger partial charge on any atom is 0.255 e. The lowest BCUT2D eigenvalue weighted by Gasteiger charge is -2.26.